The summed E-state index contributed by atoms with van der Waals surface area (Å²) in [5, 5.41) is 13.0. The standard InChI is InChI=1S/C9H13N3O4S/c13-8(14)11-2-1-3-12-9(15)16-5-7-4-10-6-17-7/h4,6,11H,1-3,5H2,(H,12,15)(H,13,14). The number of hydrogen-bond acceptors (Lipinski definition) is 5. The van der Waals surface area contributed by atoms with Gasteiger partial charge in [-0.1, -0.05) is 0 Å². The number of aromatic nitrogens is 1. The molecule has 17 heavy (non-hydrogen) atoms. The Bertz CT molecular complexity index is 355. The number of carbonyl (C=O) groups excluding carboxylic acids is 1. The first kappa shape index (κ1) is 13.2. The molecule has 1 heterocycles. The van der Waals surface area contributed by atoms with E-state index in [1.54, 1.807) is 11.7 Å². The minimum absolute atomic E-state index is 0.198. The number of nitrogens with one attached hydrogen (secondary N) is 2. The van der Waals surface area contributed by atoms with Gasteiger partial charge in [-0.3, -0.25) is 4.98 Å². The number of amides is 2. The first-order chi connectivity index (χ1) is 8.18. The zero-order valence-corrected chi connectivity index (χ0v) is 9.83. The molecule has 0 fully saturated rings. The molecule has 2 amide bonds. The summed E-state index contributed by atoms with van der Waals surface area (Å²) >= 11 is 1.41. The van der Waals surface area contributed by atoms with Crippen LogP contribution in [0.2, 0.25) is 0 Å². The lowest BCUT2D eigenvalue weighted by molar-refractivity contribution is 0.140. The molecule has 0 saturated carbocycles. The van der Waals surface area contributed by atoms with E-state index < -0.39 is 12.2 Å². The normalized spacial score (nSPS) is 9.65. The van der Waals surface area contributed by atoms with Crippen molar-refractivity contribution in [2.45, 2.75) is 13.0 Å². The lowest BCUT2D eigenvalue weighted by Crippen LogP contribution is -2.29. The smallest absolute Gasteiger partial charge is 0.407 e. The van der Waals surface area contributed by atoms with Crippen LogP contribution in [0.25, 0.3) is 0 Å². The van der Waals surface area contributed by atoms with Crippen LogP contribution in [0.4, 0.5) is 9.59 Å². The number of carbonyl (C=O) groups is 2. The van der Waals surface area contributed by atoms with Gasteiger partial charge in [0.25, 0.3) is 0 Å². The minimum atomic E-state index is -1.07. The molecule has 0 bridgehead atoms. The monoisotopic (exact) mass is 259 g/mol. The summed E-state index contributed by atoms with van der Waals surface area (Å²) in [5.41, 5.74) is 1.66. The highest BCUT2D eigenvalue weighted by Gasteiger charge is 2.02. The predicted octanol–water partition coefficient (Wildman–Crippen LogP) is 1.03. The number of nitrogens with zero attached hydrogens (tertiary/aromatic N) is 1. The summed E-state index contributed by atoms with van der Waals surface area (Å²) in [4.78, 5) is 26.0. The summed E-state index contributed by atoms with van der Waals surface area (Å²) in [6, 6.07) is 0. The molecule has 3 N–H and O–H groups in total. The second kappa shape index (κ2) is 7.44. The van der Waals surface area contributed by atoms with E-state index in [0.717, 1.165) is 4.88 Å². The van der Waals surface area contributed by atoms with Crippen LogP contribution >= 0.6 is 11.3 Å². The van der Waals surface area contributed by atoms with Crippen LogP contribution in [0.5, 0.6) is 0 Å². The van der Waals surface area contributed by atoms with Gasteiger partial charge in [0.2, 0.25) is 0 Å². The molecular weight excluding hydrogens is 246 g/mol. The van der Waals surface area contributed by atoms with E-state index in [2.05, 4.69) is 15.6 Å². The third kappa shape index (κ3) is 6.36. The lowest BCUT2D eigenvalue weighted by atomic mass is 10.4. The van der Waals surface area contributed by atoms with Crippen LogP contribution in [-0.4, -0.2) is 35.4 Å². The number of thiazole rings is 1. The first-order valence-electron chi connectivity index (χ1n) is 4.93. The molecule has 0 aliphatic heterocycles. The minimum Gasteiger partial charge on any atom is -0.465 e. The Morgan fingerprint density at radius 2 is 2.18 bits per heavy atom. The fourth-order valence-electron chi connectivity index (χ4n) is 0.975. The van der Waals surface area contributed by atoms with Crippen molar-refractivity contribution in [3.8, 4) is 0 Å². The molecule has 0 radical (unpaired) electrons. The fourth-order valence-corrected chi connectivity index (χ4v) is 1.48. The van der Waals surface area contributed by atoms with E-state index in [-0.39, 0.29) is 6.61 Å². The average Bonchev–Trinajstić information content (AvgIpc) is 2.78. The molecule has 0 atom stereocenters. The van der Waals surface area contributed by atoms with Gasteiger partial charge in [0, 0.05) is 19.3 Å². The molecule has 1 rings (SSSR count). The van der Waals surface area contributed by atoms with E-state index in [0.29, 0.717) is 19.5 Å². The van der Waals surface area contributed by atoms with Gasteiger partial charge in [-0.2, -0.15) is 0 Å². The molecular formula is C9H13N3O4S. The molecule has 1 aromatic rings. The first-order valence-corrected chi connectivity index (χ1v) is 5.81. The van der Waals surface area contributed by atoms with Crippen molar-refractivity contribution in [2.24, 2.45) is 0 Å². The second-order valence-corrected chi connectivity index (χ2v) is 4.03. The maximum Gasteiger partial charge on any atom is 0.407 e. The maximum atomic E-state index is 11.1. The van der Waals surface area contributed by atoms with Crippen LogP contribution in [-0.2, 0) is 11.3 Å². The van der Waals surface area contributed by atoms with Gasteiger partial charge in [-0.25, -0.2) is 9.59 Å². The Morgan fingerprint density at radius 3 is 2.82 bits per heavy atom. The molecule has 0 aliphatic rings. The molecule has 0 aliphatic carbocycles. The summed E-state index contributed by atoms with van der Waals surface area (Å²) in [7, 11) is 0. The SMILES string of the molecule is O=C(O)NCCCNC(=O)OCc1cncs1. The largest absolute Gasteiger partial charge is 0.465 e. The molecule has 8 heteroatoms. The quantitative estimate of drug-likeness (QED) is 0.662. The third-order valence-corrected chi connectivity index (χ3v) is 2.48. The maximum absolute atomic E-state index is 11.1. The van der Waals surface area contributed by atoms with Crippen molar-refractivity contribution in [3.05, 3.63) is 16.6 Å². The number of alkyl carbamates (subject to hydrolysis) is 1. The van der Waals surface area contributed by atoms with Gasteiger partial charge < -0.3 is 20.5 Å². The van der Waals surface area contributed by atoms with Gasteiger partial charge in [0.15, 0.2) is 0 Å². The number of carboxylic acid groups (broad SMARTS) is 1. The highest BCUT2D eigenvalue weighted by Crippen LogP contribution is 2.06. The zero-order chi connectivity index (χ0) is 12.5. The molecule has 7 nitrogen and oxygen atoms in total. The van der Waals surface area contributed by atoms with Crippen molar-refractivity contribution < 1.29 is 19.4 Å². The summed E-state index contributed by atoms with van der Waals surface area (Å²) in [6.07, 6.45) is 0.558. The van der Waals surface area contributed by atoms with Gasteiger partial charge in [0.1, 0.15) is 6.61 Å². The van der Waals surface area contributed by atoms with Gasteiger partial charge >= 0.3 is 12.2 Å². The van der Waals surface area contributed by atoms with Crippen LogP contribution < -0.4 is 10.6 Å². The van der Waals surface area contributed by atoms with E-state index in [1.165, 1.54) is 11.3 Å². The van der Waals surface area contributed by atoms with Crippen molar-refractivity contribution in [2.75, 3.05) is 13.1 Å². The Balaban J connectivity index is 2.00. The number of ether oxygens (including phenoxy) is 1. The van der Waals surface area contributed by atoms with Crippen molar-refractivity contribution >= 4 is 23.5 Å². The summed E-state index contributed by atoms with van der Waals surface area (Å²) in [6.45, 7) is 0.857. The van der Waals surface area contributed by atoms with Crippen LogP contribution in [0.3, 0.4) is 0 Å². The van der Waals surface area contributed by atoms with Crippen molar-refractivity contribution in [1.29, 1.82) is 0 Å². The summed E-state index contributed by atoms with van der Waals surface area (Å²) in [5.74, 6) is 0. The Morgan fingerprint density at radius 1 is 1.41 bits per heavy atom. The Kier molecular flexibility index (Phi) is 5.80. The van der Waals surface area contributed by atoms with E-state index in [1.807, 2.05) is 0 Å². The second-order valence-electron chi connectivity index (χ2n) is 3.06. The number of hydrogen-bond donors (Lipinski definition) is 3. The predicted molar refractivity (Wildman–Crippen MR) is 60.9 cm³/mol. The number of rotatable bonds is 6. The van der Waals surface area contributed by atoms with Crippen LogP contribution in [0.15, 0.2) is 11.7 Å². The summed E-state index contributed by atoms with van der Waals surface area (Å²) < 4.78 is 4.90. The topological polar surface area (TPSA) is 101 Å². The average molecular weight is 259 g/mol. The van der Waals surface area contributed by atoms with Crippen LogP contribution in [0.1, 0.15) is 11.3 Å². The third-order valence-electron chi connectivity index (χ3n) is 1.73. The van der Waals surface area contributed by atoms with Gasteiger partial charge in [-0.15, -0.1) is 11.3 Å². The molecule has 0 spiro atoms. The van der Waals surface area contributed by atoms with Gasteiger partial charge in [0.05, 0.1) is 10.4 Å². The zero-order valence-electron chi connectivity index (χ0n) is 9.01. The highest BCUT2D eigenvalue weighted by molar-refractivity contribution is 7.09. The molecule has 0 saturated heterocycles. The molecule has 0 aromatic carbocycles. The van der Waals surface area contributed by atoms with Crippen molar-refractivity contribution in [3.63, 3.8) is 0 Å². The molecule has 0 unspecified atom stereocenters. The molecule has 1 aromatic heterocycles. The Labute approximate surface area is 102 Å². The van der Waals surface area contributed by atoms with Crippen LogP contribution in [0, 0.1) is 0 Å². The van der Waals surface area contributed by atoms with Gasteiger partial charge in [-0.05, 0) is 6.42 Å². The van der Waals surface area contributed by atoms with E-state index in [9.17, 15) is 9.59 Å². The lowest BCUT2D eigenvalue weighted by Gasteiger charge is -2.05. The fraction of sp³-hybridized carbons (Fsp3) is 0.444. The van der Waals surface area contributed by atoms with Crippen molar-refractivity contribution in [1.82, 2.24) is 15.6 Å². The Hall–Kier alpha value is -1.83. The highest BCUT2D eigenvalue weighted by atomic mass is 32.1. The molecule has 94 valence electrons. The van der Waals surface area contributed by atoms with E-state index in [4.69, 9.17) is 9.84 Å². The van der Waals surface area contributed by atoms with E-state index >= 15 is 0 Å².